The third-order valence-corrected chi connectivity index (χ3v) is 5.55. The molecule has 0 bridgehead atoms. The largest absolute Gasteiger partial charge is 0.444 e. The van der Waals surface area contributed by atoms with Crippen LogP contribution in [0, 0.1) is 5.41 Å². The van der Waals surface area contributed by atoms with E-state index in [2.05, 4.69) is 28.6 Å². The third kappa shape index (κ3) is 4.77. The summed E-state index contributed by atoms with van der Waals surface area (Å²) in [6.45, 7) is 9.74. The number of aromatic nitrogens is 2. The Kier molecular flexibility index (Phi) is 5.74. The number of carbonyl (C=O) groups excluding carboxylic acids is 1. The van der Waals surface area contributed by atoms with E-state index in [1.165, 1.54) is 5.56 Å². The van der Waals surface area contributed by atoms with E-state index in [1.54, 1.807) is 4.90 Å². The minimum atomic E-state index is -0.471. The first-order valence-electron chi connectivity index (χ1n) is 10.6. The average Bonchev–Trinajstić information content (AvgIpc) is 3.03. The van der Waals surface area contributed by atoms with Gasteiger partial charge in [0.1, 0.15) is 5.60 Å². The van der Waals surface area contributed by atoms with Crippen LogP contribution < -0.4 is 5.32 Å². The van der Waals surface area contributed by atoms with Crippen LogP contribution in [-0.2, 0) is 27.8 Å². The molecule has 2 fully saturated rings. The van der Waals surface area contributed by atoms with Crippen LogP contribution in [0.5, 0.6) is 0 Å². The van der Waals surface area contributed by atoms with Crippen molar-refractivity contribution in [3.63, 3.8) is 0 Å². The second kappa shape index (κ2) is 8.17. The fourth-order valence-corrected chi connectivity index (χ4v) is 3.97. The first kappa shape index (κ1) is 21.1. The van der Waals surface area contributed by atoms with Gasteiger partial charge in [-0.15, -0.1) is 0 Å². The molecule has 2 aromatic rings. The Morgan fingerprint density at radius 3 is 2.73 bits per heavy atom. The molecule has 8 heteroatoms. The topological polar surface area (TPSA) is 77.9 Å². The van der Waals surface area contributed by atoms with E-state index in [-0.39, 0.29) is 17.8 Å². The number of rotatable bonds is 5. The van der Waals surface area contributed by atoms with E-state index < -0.39 is 5.60 Å². The smallest absolute Gasteiger partial charge is 0.410 e. The van der Waals surface area contributed by atoms with Gasteiger partial charge in [0.05, 0.1) is 30.3 Å². The highest BCUT2D eigenvalue weighted by Gasteiger charge is 2.49. The number of likely N-dealkylation sites (tertiary alicyclic amines) is 1. The summed E-state index contributed by atoms with van der Waals surface area (Å²) in [6, 6.07) is 6.40. The molecule has 3 heterocycles. The molecule has 1 aromatic carbocycles. The number of nitrogens with one attached hydrogen (secondary N) is 1. The van der Waals surface area contributed by atoms with Crippen molar-refractivity contribution in [2.75, 3.05) is 32.8 Å². The Hall–Kier alpha value is -2.16. The van der Waals surface area contributed by atoms with Crippen LogP contribution in [-0.4, -0.2) is 65.5 Å². The summed E-state index contributed by atoms with van der Waals surface area (Å²) >= 11 is 0. The molecule has 30 heavy (non-hydrogen) atoms. The van der Waals surface area contributed by atoms with Crippen molar-refractivity contribution in [2.24, 2.45) is 12.5 Å². The number of hydrogen-bond acceptors (Lipinski definition) is 6. The predicted octanol–water partition coefficient (Wildman–Crippen LogP) is 2.66. The fourth-order valence-electron chi connectivity index (χ4n) is 3.97. The SMILES string of the molecule is Cn1ncc2cc(CNCCC3OCC4(CO3)CN(C(=O)OC(C)(C)C)C4)ccc21. The van der Waals surface area contributed by atoms with Crippen molar-refractivity contribution in [3.05, 3.63) is 30.0 Å². The van der Waals surface area contributed by atoms with Gasteiger partial charge in [0.2, 0.25) is 0 Å². The molecule has 1 aromatic heterocycles. The van der Waals surface area contributed by atoms with Crippen LogP contribution >= 0.6 is 0 Å². The van der Waals surface area contributed by atoms with Crippen LogP contribution in [0.3, 0.4) is 0 Å². The zero-order chi connectivity index (χ0) is 21.4. The van der Waals surface area contributed by atoms with Crippen molar-refractivity contribution in [2.45, 2.75) is 45.6 Å². The summed E-state index contributed by atoms with van der Waals surface area (Å²) in [5, 5.41) is 8.89. The number of hydrogen-bond donors (Lipinski definition) is 1. The van der Waals surface area contributed by atoms with Crippen LogP contribution in [0.15, 0.2) is 24.4 Å². The summed E-state index contributed by atoms with van der Waals surface area (Å²) in [6.07, 6.45) is 2.23. The van der Waals surface area contributed by atoms with Gasteiger partial charge in [0, 0.05) is 45.0 Å². The van der Waals surface area contributed by atoms with E-state index in [0.29, 0.717) is 26.3 Å². The maximum Gasteiger partial charge on any atom is 0.410 e. The van der Waals surface area contributed by atoms with Gasteiger partial charge in [-0.1, -0.05) is 6.07 Å². The van der Waals surface area contributed by atoms with Crippen molar-refractivity contribution in [1.82, 2.24) is 20.0 Å². The third-order valence-electron chi connectivity index (χ3n) is 5.55. The van der Waals surface area contributed by atoms with Gasteiger partial charge in [0.15, 0.2) is 6.29 Å². The van der Waals surface area contributed by atoms with Crippen molar-refractivity contribution >= 4 is 17.0 Å². The zero-order valence-electron chi connectivity index (χ0n) is 18.3. The van der Waals surface area contributed by atoms with Gasteiger partial charge >= 0.3 is 6.09 Å². The lowest BCUT2D eigenvalue weighted by molar-refractivity contribution is -0.255. The highest BCUT2D eigenvalue weighted by atomic mass is 16.7. The Labute approximate surface area is 177 Å². The summed E-state index contributed by atoms with van der Waals surface area (Å²) in [7, 11) is 1.95. The number of carbonyl (C=O) groups is 1. The van der Waals surface area contributed by atoms with Gasteiger partial charge in [0.25, 0.3) is 0 Å². The molecular weight excluding hydrogens is 384 g/mol. The molecule has 0 unspecified atom stereocenters. The van der Waals surface area contributed by atoms with Crippen molar-refractivity contribution in [1.29, 1.82) is 0 Å². The van der Waals surface area contributed by atoms with Crippen LogP contribution in [0.25, 0.3) is 10.9 Å². The monoisotopic (exact) mass is 416 g/mol. The molecule has 2 aliphatic heterocycles. The Bertz CT molecular complexity index is 888. The number of amides is 1. The maximum atomic E-state index is 12.1. The first-order chi connectivity index (χ1) is 14.2. The van der Waals surface area contributed by atoms with E-state index in [1.807, 2.05) is 38.7 Å². The molecule has 8 nitrogen and oxygen atoms in total. The Morgan fingerprint density at radius 2 is 2.03 bits per heavy atom. The quantitative estimate of drug-likeness (QED) is 0.755. The lowest BCUT2D eigenvalue weighted by atomic mass is 9.81. The molecule has 0 saturated carbocycles. The standard InChI is InChI=1S/C22H32N4O4/c1-21(2,3)30-20(27)26-12-22(13-26)14-28-19(29-15-22)7-8-23-10-16-5-6-18-17(9-16)11-24-25(18)4/h5-6,9,11,19,23H,7-8,10,12-15H2,1-4H3. The van der Waals surface area contributed by atoms with Gasteiger partial charge < -0.3 is 24.4 Å². The molecule has 2 saturated heterocycles. The van der Waals surface area contributed by atoms with Crippen molar-refractivity contribution < 1.29 is 19.0 Å². The molecule has 2 aliphatic rings. The molecule has 4 rings (SSSR count). The second-order valence-corrected chi connectivity index (χ2v) is 9.51. The maximum absolute atomic E-state index is 12.1. The van der Waals surface area contributed by atoms with Crippen molar-refractivity contribution in [3.8, 4) is 0 Å². The van der Waals surface area contributed by atoms with Gasteiger partial charge in [-0.25, -0.2) is 4.79 Å². The van der Waals surface area contributed by atoms with E-state index >= 15 is 0 Å². The average molecular weight is 417 g/mol. The Morgan fingerprint density at radius 1 is 1.30 bits per heavy atom. The Balaban J connectivity index is 1.14. The molecule has 0 radical (unpaired) electrons. The first-order valence-corrected chi connectivity index (χ1v) is 10.6. The summed E-state index contributed by atoms with van der Waals surface area (Å²) in [4.78, 5) is 13.8. The molecule has 1 spiro atoms. The number of benzene rings is 1. The summed E-state index contributed by atoms with van der Waals surface area (Å²) < 4.78 is 19.1. The second-order valence-electron chi connectivity index (χ2n) is 9.51. The van der Waals surface area contributed by atoms with E-state index in [9.17, 15) is 4.79 Å². The predicted molar refractivity (Wildman–Crippen MR) is 113 cm³/mol. The van der Waals surface area contributed by atoms with Gasteiger partial charge in [-0.3, -0.25) is 4.68 Å². The minimum absolute atomic E-state index is 0.0834. The van der Waals surface area contributed by atoms with Crippen LogP contribution in [0.1, 0.15) is 32.8 Å². The molecular formula is C22H32N4O4. The lowest BCUT2D eigenvalue weighted by Crippen LogP contribution is -2.65. The fraction of sp³-hybridized carbons (Fsp3) is 0.636. The van der Waals surface area contributed by atoms with E-state index in [4.69, 9.17) is 14.2 Å². The number of ether oxygens (including phenoxy) is 3. The van der Waals surface area contributed by atoms with Gasteiger partial charge in [-0.05, 0) is 38.5 Å². The number of fused-ring (bicyclic) bond motifs is 1. The van der Waals surface area contributed by atoms with Crippen LogP contribution in [0.2, 0.25) is 0 Å². The highest BCUT2D eigenvalue weighted by Crippen LogP contribution is 2.36. The molecule has 0 atom stereocenters. The summed E-state index contributed by atoms with van der Waals surface area (Å²) in [5.74, 6) is 0. The molecule has 164 valence electrons. The highest BCUT2D eigenvalue weighted by molar-refractivity contribution is 5.79. The molecule has 1 N–H and O–H groups in total. The van der Waals surface area contributed by atoms with Gasteiger partial charge in [-0.2, -0.15) is 5.10 Å². The number of aryl methyl sites for hydroxylation is 1. The zero-order valence-corrected chi connectivity index (χ0v) is 18.3. The normalized spacial score (nSPS) is 19.3. The van der Waals surface area contributed by atoms with E-state index in [0.717, 1.165) is 30.4 Å². The molecule has 1 amide bonds. The number of nitrogens with zero attached hydrogens (tertiary/aromatic N) is 3. The molecule has 0 aliphatic carbocycles. The summed E-state index contributed by atoms with van der Waals surface area (Å²) in [5.41, 5.74) is 1.82. The lowest BCUT2D eigenvalue weighted by Gasteiger charge is -2.52. The van der Waals surface area contributed by atoms with Crippen LogP contribution in [0.4, 0.5) is 4.79 Å². The minimum Gasteiger partial charge on any atom is -0.444 e.